The number of aromatic nitrogens is 2. The molecular weight excluding hydrogens is 491 g/mol. The molecule has 0 aliphatic carbocycles. The van der Waals surface area contributed by atoms with Gasteiger partial charge < -0.3 is 4.74 Å². The summed E-state index contributed by atoms with van der Waals surface area (Å²) in [6.45, 7) is 4.29. The van der Waals surface area contributed by atoms with Gasteiger partial charge in [-0.15, -0.1) is 0 Å². The Bertz CT molecular complexity index is 1610. The summed E-state index contributed by atoms with van der Waals surface area (Å²) in [5, 5.41) is 0. The Kier molecular flexibility index (Phi) is 5.31. The molecule has 32 heavy (non-hydrogen) atoms. The number of hydrogen-bond acceptors (Lipinski definition) is 4. The third-order valence-corrected chi connectivity index (χ3v) is 6.86. The van der Waals surface area contributed by atoms with E-state index in [0.717, 1.165) is 37.8 Å². The van der Waals surface area contributed by atoms with E-state index in [1.165, 1.54) is 23.5 Å². The minimum absolute atomic E-state index is 0.105. The van der Waals surface area contributed by atoms with Crippen molar-refractivity contribution in [3.63, 3.8) is 0 Å². The minimum Gasteiger partial charge on any atom is -0.488 e. The summed E-state index contributed by atoms with van der Waals surface area (Å²) in [7, 11) is 0. The molecule has 0 aliphatic heterocycles. The van der Waals surface area contributed by atoms with E-state index in [1.54, 1.807) is 10.5 Å². The summed E-state index contributed by atoms with van der Waals surface area (Å²) in [6, 6.07) is 15.9. The molecule has 0 saturated carbocycles. The van der Waals surface area contributed by atoms with Gasteiger partial charge in [-0.3, -0.25) is 4.79 Å². The molecule has 0 atom stereocenters. The first-order chi connectivity index (χ1) is 15.4. The van der Waals surface area contributed by atoms with Crippen LogP contribution in [-0.4, -0.2) is 9.38 Å². The van der Waals surface area contributed by atoms with Gasteiger partial charge in [0.2, 0.25) is 0 Å². The average Bonchev–Trinajstić information content (AvgIpc) is 3.24. The molecule has 160 valence electrons. The van der Waals surface area contributed by atoms with E-state index in [1.807, 2.05) is 56.3 Å². The third-order valence-electron chi connectivity index (χ3n) is 5.40. The molecular formula is C25H18BrFN2O2S. The van der Waals surface area contributed by atoms with E-state index >= 15 is 0 Å². The van der Waals surface area contributed by atoms with Crippen molar-refractivity contribution in [3.8, 4) is 5.75 Å². The van der Waals surface area contributed by atoms with E-state index in [4.69, 9.17) is 4.74 Å². The van der Waals surface area contributed by atoms with Crippen molar-refractivity contribution in [3.05, 3.63) is 102 Å². The molecule has 4 nitrogen and oxygen atoms in total. The Balaban J connectivity index is 1.58. The first-order valence-electron chi connectivity index (χ1n) is 10.00. The van der Waals surface area contributed by atoms with Gasteiger partial charge in [0.05, 0.1) is 15.6 Å². The summed E-state index contributed by atoms with van der Waals surface area (Å²) in [5.41, 5.74) is 5.30. The van der Waals surface area contributed by atoms with Crippen LogP contribution in [0.1, 0.15) is 22.3 Å². The maximum Gasteiger partial charge on any atom is 0.274 e. The van der Waals surface area contributed by atoms with Crippen LogP contribution in [0, 0.1) is 19.7 Å². The predicted molar refractivity (Wildman–Crippen MR) is 130 cm³/mol. The molecule has 5 aromatic rings. The topological polar surface area (TPSA) is 43.6 Å². The summed E-state index contributed by atoms with van der Waals surface area (Å²) in [5.74, 6) is 0.309. The Morgan fingerprint density at radius 2 is 1.94 bits per heavy atom. The molecule has 7 heteroatoms. The lowest BCUT2D eigenvalue weighted by atomic mass is 10.1. The van der Waals surface area contributed by atoms with Crippen LogP contribution in [0.2, 0.25) is 0 Å². The van der Waals surface area contributed by atoms with E-state index < -0.39 is 0 Å². The lowest BCUT2D eigenvalue weighted by Gasteiger charge is -2.10. The van der Waals surface area contributed by atoms with Crippen LogP contribution in [0.4, 0.5) is 4.39 Å². The fourth-order valence-electron chi connectivity index (χ4n) is 3.61. The maximum absolute atomic E-state index is 13.5. The zero-order chi connectivity index (χ0) is 22.4. The monoisotopic (exact) mass is 508 g/mol. The Hall–Kier alpha value is -3.03. The lowest BCUT2D eigenvalue weighted by molar-refractivity contribution is 0.305. The second-order valence-corrected chi connectivity index (χ2v) is 9.60. The van der Waals surface area contributed by atoms with Gasteiger partial charge in [-0.25, -0.2) is 13.8 Å². The molecule has 0 bridgehead atoms. The molecule has 0 N–H and O–H groups in total. The smallest absolute Gasteiger partial charge is 0.274 e. The number of nitrogens with zero attached hydrogens (tertiary/aromatic N) is 2. The zero-order valence-corrected chi connectivity index (χ0v) is 19.8. The van der Waals surface area contributed by atoms with E-state index in [9.17, 15) is 9.18 Å². The lowest BCUT2D eigenvalue weighted by Crippen LogP contribution is -2.22. The van der Waals surface area contributed by atoms with Crippen LogP contribution >= 0.6 is 27.3 Å². The SMILES string of the molecule is Cc1cc2nc3s/c(=C\c4cc(Br)ccc4OCc4cccc(F)c4)c(=O)n3c2cc1C. The van der Waals surface area contributed by atoms with Crippen molar-refractivity contribution in [2.45, 2.75) is 20.5 Å². The first kappa shape index (κ1) is 20.8. The molecule has 0 aliphatic rings. The highest BCUT2D eigenvalue weighted by Crippen LogP contribution is 2.26. The fraction of sp³-hybridized carbons (Fsp3) is 0.120. The van der Waals surface area contributed by atoms with Gasteiger partial charge in [0.25, 0.3) is 5.56 Å². The quantitative estimate of drug-likeness (QED) is 0.319. The van der Waals surface area contributed by atoms with Gasteiger partial charge in [0.1, 0.15) is 18.2 Å². The van der Waals surface area contributed by atoms with Crippen LogP contribution in [0.5, 0.6) is 5.75 Å². The van der Waals surface area contributed by atoms with Crippen LogP contribution < -0.4 is 14.8 Å². The number of imidazole rings is 1. The van der Waals surface area contributed by atoms with Crippen LogP contribution in [0.3, 0.4) is 0 Å². The molecule has 5 rings (SSSR count). The Morgan fingerprint density at radius 3 is 2.75 bits per heavy atom. The number of rotatable bonds is 4. The first-order valence-corrected chi connectivity index (χ1v) is 11.6. The molecule has 2 heterocycles. The largest absolute Gasteiger partial charge is 0.488 e. The molecule has 0 fully saturated rings. The van der Waals surface area contributed by atoms with Crippen molar-refractivity contribution in [1.29, 1.82) is 0 Å². The molecule has 0 amide bonds. The fourth-order valence-corrected chi connectivity index (χ4v) is 4.97. The molecule has 0 radical (unpaired) electrons. The number of aryl methyl sites for hydroxylation is 2. The van der Waals surface area contributed by atoms with Crippen molar-refractivity contribution in [2.24, 2.45) is 0 Å². The predicted octanol–water partition coefficient (Wildman–Crippen LogP) is 5.55. The third kappa shape index (κ3) is 3.82. The summed E-state index contributed by atoms with van der Waals surface area (Å²) in [6.07, 6.45) is 1.82. The number of hydrogen-bond donors (Lipinski definition) is 0. The highest BCUT2D eigenvalue weighted by atomic mass is 79.9. The molecule has 0 saturated heterocycles. The van der Waals surface area contributed by atoms with Crippen molar-refractivity contribution in [2.75, 3.05) is 0 Å². The standard InChI is InChI=1S/C25H18BrFN2O2S/c1-14-8-20-21(9-15(14)2)29-24(30)23(32-25(29)28-20)12-17-11-18(26)6-7-22(17)31-13-16-4-3-5-19(27)10-16/h3-12H,13H2,1-2H3/b23-12-. The van der Waals surface area contributed by atoms with Gasteiger partial charge in [-0.05, 0) is 79.1 Å². The van der Waals surface area contributed by atoms with Crippen LogP contribution in [0.25, 0.3) is 22.1 Å². The molecule has 0 spiro atoms. The number of fused-ring (bicyclic) bond motifs is 3. The summed E-state index contributed by atoms with van der Waals surface area (Å²) < 4.78 is 22.5. The maximum atomic E-state index is 13.5. The number of halogens is 2. The van der Waals surface area contributed by atoms with E-state index in [0.29, 0.717) is 15.2 Å². The average molecular weight is 509 g/mol. The van der Waals surface area contributed by atoms with Crippen molar-refractivity contribution < 1.29 is 9.13 Å². The number of ether oxygens (including phenoxy) is 1. The Labute approximate surface area is 195 Å². The van der Waals surface area contributed by atoms with E-state index in [2.05, 4.69) is 20.9 Å². The molecule has 3 aromatic carbocycles. The minimum atomic E-state index is -0.302. The van der Waals surface area contributed by atoms with Crippen molar-refractivity contribution >= 4 is 49.3 Å². The normalized spacial score (nSPS) is 12.2. The van der Waals surface area contributed by atoms with Gasteiger partial charge in [-0.1, -0.05) is 39.4 Å². The van der Waals surface area contributed by atoms with Crippen LogP contribution in [0.15, 0.2) is 63.9 Å². The van der Waals surface area contributed by atoms with Gasteiger partial charge in [-0.2, -0.15) is 0 Å². The van der Waals surface area contributed by atoms with Crippen LogP contribution in [-0.2, 0) is 6.61 Å². The number of thiazole rings is 1. The second kappa shape index (κ2) is 8.15. The summed E-state index contributed by atoms with van der Waals surface area (Å²) in [4.78, 5) is 18.5. The van der Waals surface area contributed by atoms with Gasteiger partial charge in [0, 0.05) is 10.0 Å². The van der Waals surface area contributed by atoms with Gasteiger partial charge >= 0.3 is 0 Å². The Morgan fingerprint density at radius 1 is 1.12 bits per heavy atom. The van der Waals surface area contributed by atoms with E-state index in [-0.39, 0.29) is 18.0 Å². The number of benzene rings is 3. The zero-order valence-electron chi connectivity index (χ0n) is 17.4. The highest BCUT2D eigenvalue weighted by Gasteiger charge is 2.13. The van der Waals surface area contributed by atoms with Crippen molar-refractivity contribution in [1.82, 2.24) is 9.38 Å². The molecule has 0 unspecified atom stereocenters. The summed E-state index contributed by atoms with van der Waals surface area (Å²) >= 11 is 4.84. The molecule has 2 aromatic heterocycles. The second-order valence-electron chi connectivity index (χ2n) is 7.67. The highest BCUT2D eigenvalue weighted by molar-refractivity contribution is 9.10. The van der Waals surface area contributed by atoms with Gasteiger partial charge in [0.15, 0.2) is 4.96 Å².